The molecule has 3 N–H and O–H groups in total. The second-order valence-corrected chi connectivity index (χ2v) is 13.1. The van der Waals surface area contributed by atoms with Crippen LogP contribution in [-0.2, 0) is 17.9 Å². The molecule has 1 fully saturated rings. The lowest BCUT2D eigenvalue weighted by Crippen LogP contribution is -2.40. The highest BCUT2D eigenvalue weighted by atomic mass is 35.5. The number of carbonyl (C=O) groups is 2. The molecular weight excluding hydrogens is 696 g/mol. The van der Waals surface area contributed by atoms with Gasteiger partial charge in [0.1, 0.15) is 11.1 Å². The third-order valence-electron chi connectivity index (χ3n) is 7.65. The van der Waals surface area contributed by atoms with Gasteiger partial charge < -0.3 is 20.7 Å². The van der Waals surface area contributed by atoms with E-state index in [1.54, 1.807) is 26.8 Å². The Bertz CT molecular complexity index is 1640. The van der Waals surface area contributed by atoms with E-state index in [9.17, 15) is 40.3 Å². The zero-order valence-electron chi connectivity index (χ0n) is 26.0. The molecule has 48 heavy (non-hydrogen) atoms. The maximum atomic E-state index is 13.8. The van der Waals surface area contributed by atoms with E-state index in [4.69, 9.17) is 27.9 Å². The topological polar surface area (TPSA) is 110 Å². The molecule has 4 rings (SSSR count). The van der Waals surface area contributed by atoms with Crippen molar-refractivity contribution in [3.8, 4) is 5.88 Å². The largest absolute Gasteiger partial charge is 0.471 e. The molecule has 1 saturated carbocycles. The normalized spacial score (nSPS) is 17.2. The lowest BCUT2D eigenvalue weighted by Gasteiger charge is -2.30. The maximum absolute atomic E-state index is 13.8. The standard InChI is InChI=1S/C30H33Cl2F7N6O3/c1-29(2,3)27(47)40-11-14-4-9-18(31)23(22(14)32)43-28-42-19-10-17(25(46)41-16-7-5-15(6-8-16)30(37,38)39)26(48-13-21(35)36)44-24(19)45(28)12-20(33)34/h4,9-10,15-16,20-21H,5-8,11-13H2,1-3H3,(H,40,47)(H,41,46)(H,42,43). The van der Waals surface area contributed by atoms with Gasteiger partial charge in [0, 0.05) is 18.0 Å². The third kappa shape index (κ3) is 9.12. The fourth-order valence-electron chi connectivity index (χ4n) is 5.08. The number of imidazole rings is 1. The molecule has 0 spiro atoms. The van der Waals surface area contributed by atoms with Gasteiger partial charge in [-0.05, 0) is 43.4 Å². The summed E-state index contributed by atoms with van der Waals surface area (Å²) < 4.78 is 99.2. The number of halogens is 9. The number of hydrogen-bond acceptors (Lipinski definition) is 6. The fourth-order valence-corrected chi connectivity index (χ4v) is 5.61. The first-order valence-corrected chi connectivity index (χ1v) is 15.6. The van der Waals surface area contributed by atoms with Crippen LogP contribution in [0.3, 0.4) is 0 Å². The molecule has 0 aliphatic heterocycles. The number of hydrogen-bond donors (Lipinski definition) is 3. The van der Waals surface area contributed by atoms with E-state index in [0.29, 0.717) is 5.56 Å². The van der Waals surface area contributed by atoms with Gasteiger partial charge in [0.15, 0.2) is 12.3 Å². The molecule has 3 aromatic rings. The highest BCUT2D eigenvalue weighted by molar-refractivity contribution is 6.39. The molecule has 9 nitrogen and oxygen atoms in total. The number of benzene rings is 1. The van der Waals surface area contributed by atoms with Crippen molar-refractivity contribution >= 4 is 57.8 Å². The van der Waals surface area contributed by atoms with Crippen LogP contribution >= 0.6 is 23.2 Å². The number of rotatable bonds is 11. The van der Waals surface area contributed by atoms with Gasteiger partial charge in [-0.3, -0.25) is 14.2 Å². The summed E-state index contributed by atoms with van der Waals surface area (Å²) in [6.45, 7) is 3.01. The number of anilines is 2. The fraction of sp³-hybridized carbons (Fsp3) is 0.533. The van der Waals surface area contributed by atoms with Gasteiger partial charge >= 0.3 is 6.18 Å². The molecule has 0 atom stereocenters. The van der Waals surface area contributed by atoms with Gasteiger partial charge in [-0.25, -0.2) is 22.5 Å². The van der Waals surface area contributed by atoms with Crippen molar-refractivity contribution in [3.63, 3.8) is 0 Å². The average molecular weight is 730 g/mol. The molecule has 0 bridgehead atoms. The highest BCUT2D eigenvalue weighted by Gasteiger charge is 2.41. The number of ether oxygens (including phenoxy) is 1. The number of alkyl halides is 7. The molecule has 2 amide bonds. The summed E-state index contributed by atoms with van der Waals surface area (Å²) in [5.41, 5.74) is -0.954. The number of nitrogens with one attached hydrogen (secondary N) is 3. The molecule has 1 aliphatic carbocycles. The molecule has 1 aromatic carbocycles. The van der Waals surface area contributed by atoms with E-state index in [0.717, 1.165) is 10.6 Å². The van der Waals surface area contributed by atoms with Crippen molar-refractivity contribution < 1.29 is 45.1 Å². The van der Waals surface area contributed by atoms with Gasteiger partial charge in [-0.15, -0.1) is 0 Å². The van der Waals surface area contributed by atoms with Crippen molar-refractivity contribution in [2.75, 3.05) is 11.9 Å². The molecule has 0 radical (unpaired) electrons. The van der Waals surface area contributed by atoms with Crippen LogP contribution in [0.2, 0.25) is 10.0 Å². The Balaban J connectivity index is 1.70. The van der Waals surface area contributed by atoms with Crippen molar-refractivity contribution in [3.05, 3.63) is 39.4 Å². The summed E-state index contributed by atoms with van der Waals surface area (Å²) in [4.78, 5) is 34.1. The summed E-state index contributed by atoms with van der Waals surface area (Å²) in [5.74, 6) is -3.49. The van der Waals surface area contributed by atoms with Gasteiger partial charge in [-0.2, -0.15) is 18.2 Å². The number of pyridine rings is 1. The Hall–Kier alpha value is -3.53. The first-order valence-electron chi connectivity index (χ1n) is 14.8. The SMILES string of the molecule is CC(C)(C)C(=O)NCc1ccc(Cl)c(Nc2nc3cc(C(=O)NC4CCC(C(F)(F)F)CC4)c(OCC(F)F)nc3n2CC(F)F)c1Cl. The first kappa shape index (κ1) is 37.3. The Morgan fingerprint density at radius 1 is 1.02 bits per heavy atom. The molecule has 2 heterocycles. The Labute approximate surface area is 280 Å². The van der Waals surface area contributed by atoms with Crippen molar-refractivity contribution in [1.82, 2.24) is 25.2 Å². The van der Waals surface area contributed by atoms with Crippen LogP contribution < -0.4 is 20.7 Å². The summed E-state index contributed by atoms with van der Waals surface area (Å²) in [6, 6.07) is 3.49. The predicted octanol–water partition coefficient (Wildman–Crippen LogP) is 7.90. The predicted molar refractivity (Wildman–Crippen MR) is 165 cm³/mol. The quantitative estimate of drug-likeness (QED) is 0.173. The Kier molecular flexibility index (Phi) is 11.6. The van der Waals surface area contributed by atoms with Crippen LogP contribution in [0.15, 0.2) is 18.2 Å². The van der Waals surface area contributed by atoms with Crippen molar-refractivity contribution in [1.29, 1.82) is 0 Å². The minimum Gasteiger partial charge on any atom is -0.471 e. The van der Waals surface area contributed by atoms with E-state index >= 15 is 0 Å². The van der Waals surface area contributed by atoms with Gasteiger partial charge in [0.2, 0.25) is 17.7 Å². The zero-order valence-corrected chi connectivity index (χ0v) is 27.5. The molecule has 264 valence electrons. The lowest BCUT2D eigenvalue weighted by molar-refractivity contribution is -0.182. The van der Waals surface area contributed by atoms with Gasteiger partial charge in [0.05, 0.1) is 28.2 Å². The molecule has 2 aromatic heterocycles. The van der Waals surface area contributed by atoms with Gasteiger partial charge in [0.25, 0.3) is 18.8 Å². The minimum atomic E-state index is -4.36. The third-order valence-corrected chi connectivity index (χ3v) is 8.40. The Morgan fingerprint density at radius 3 is 2.27 bits per heavy atom. The monoisotopic (exact) mass is 728 g/mol. The molecule has 0 unspecified atom stereocenters. The van der Waals surface area contributed by atoms with E-state index in [2.05, 4.69) is 25.9 Å². The van der Waals surface area contributed by atoms with Crippen LogP contribution in [0.25, 0.3) is 11.2 Å². The van der Waals surface area contributed by atoms with E-state index < -0.39 is 61.3 Å². The maximum Gasteiger partial charge on any atom is 0.391 e. The van der Waals surface area contributed by atoms with E-state index in [-0.39, 0.29) is 76.5 Å². The number of amides is 2. The van der Waals surface area contributed by atoms with Crippen LogP contribution in [0, 0.1) is 11.3 Å². The van der Waals surface area contributed by atoms with Crippen molar-refractivity contribution in [2.45, 2.75) is 84.6 Å². The summed E-state index contributed by atoms with van der Waals surface area (Å²) >= 11 is 13.0. The summed E-state index contributed by atoms with van der Waals surface area (Å²) in [6.07, 6.45) is -10.7. The van der Waals surface area contributed by atoms with Crippen LogP contribution in [0.4, 0.5) is 42.4 Å². The minimum absolute atomic E-state index is 0.0109. The van der Waals surface area contributed by atoms with Crippen LogP contribution in [-0.4, -0.2) is 58.0 Å². The number of carbonyl (C=O) groups excluding carboxylic acids is 2. The van der Waals surface area contributed by atoms with Gasteiger partial charge in [-0.1, -0.05) is 50.0 Å². The average Bonchev–Trinajstić information content (AvgIpc) is 3.31. The molecule has 18 heteroatoms. The highest BCUT2D eigenvalue weighted by Crippen LogP contribution is 2.39. The van der Waals surface area contributed by atoms with Crippen LogP contribution in [0.5, 0.6) is 5.88 Å². The first-order chi connectivity index (χ1) is 22.3. The Morgan fingerprint density at radius 2 is 1.69 bits per heavy atom. The second-order valence-electron chi connectivity index (χ2n) is 12.3. The van der Waals surface area contributed by atoms with E-state index in [1.807, 2.05) is 0 Å². The molecule has 0 saturated heterocycles. The number of fused-ring (bicyclic) bond motifs is 1. The molecule has 1 aliphatic rings. The summed E-state index contributed by atoms with van der Waals surface area (Å²) in [5, 5.41) is 8.27. The zero-order chi connectivity index (χ0) is 35.6. The number of nitrogens with zero attached hydrogens (tertiary/aromatic N) is 3. The van der Waals surface area contributed by atoms with E-state index in [1.165, 1.54) is 6.07 Å². The summed E-state index contributed by atoms with van der Waals surface area (Å²) in [7, 11) is 0. The smallest absolute Gasteiger partial charge is 0.391 e. The van der Waals surface area contributed by atoms with Crippen LogP contribution in [0.1, 0.15) is 62.4 Å². The molecular formula is C30H33Cl2F7N6O3. The van der Waals surface area contributed by atoms with Crippen molar-refractivity contribution in [2.24, 2.45) is 11.3 Å². The number of aromatic nitrogens is 3. The second kappa shape index (κ2) is 14.9. The lowest BCUT2D eigenvalue weighted by atomic mass is 9.85.